The Bertz CT molecular complexity index is 1060. The number of halogens is 1. The number of amides is 1. The van der Waals surface area contributed by atoms with Gasteiger partial charge in [0.25, 0.3) is 5.91 Å². The molecule has 2 aromatic heterocycles. The van der Waals surface area contributed by atoms with Crippen LogP contribution in [0.25, 0.3) is 16.6 Å². The summed E-state index contributed by atoms with van der Waals surface area (Å²) in [6.45, 7) is 0. The zero-order valence-electron chi connectivity index (χ0n) is 12.5. The molecule has 0 aliphatic heterocycles. The fourth-order valence-electron chi connectivity index (χ4n) is 2.63. The minimum absolute atomic E-state index is 0.231. The van der Waals surface area contributed by atoms with Crippen LogP contribution < -0.4 is 10.9 Å². The summed E-state index contributed by atoms with van der Waals surface area (Å²) in [6, 6.07) is 17.0. The Morgan fingerprint density at radius 1 is 1.00 bits per heavy atom. The Hall–Kier alpha value is -3.41. The second kappa shape index (κ2) is 5.66. The van der Waals surface area contributed by atoms with E-state index in [1.807, 2.05) is 47.0 Å². The zero-order chi connectivity index (χ0) is 16.5. The summed E-state index contributed by atoms with van der Waals surface area (Å²) in [7, 11) is 0. The second-order valence-electron chi connectivity index (χ2n) is 5.30. The van der Waals surface area contributed by atoms with Crippen molar-refractivity contribution in [2.45, 2.75) is 0 Å². The number of aromatic nitrogens is 2. The van der Waals surface area contributed by atoms with E-state index in [1.54, 1.807) is 6.07 Å². The minimum atomic E-state index is -0.458. The van der Waals surface area contributed by atoms with Gasteiger partial charge >= 0.3 is 0 Å². The fraction of sp³-hybridized carbons (Fsp3) is 0. The summed E-state index contributed by atoms with van der Waals surface area (Å²) < 4.78 is 15.2. The number of nitrogens with one attached hydrogen (secondary N) is 2. The maximum absolute atomic E-state index is 13.2. The monoisotopic (exact) mass is 320 g/mol. The van der Waals surface area contributed by atoms with Gasteiger partial charge in [-0.2, -0.15) is 0 Å². The van der Waals surface area contributed by atoms with Gasteiger partial charge in [-0.1, -0.05) is 18.2 Å². The van der Waals surface area contributed by atoms with Gasteiger partial charge < -0.3 is 4.40 Å². The number of rotatable bonds is 3. The highest BCUT2D eigenvalue weighted by molar-refractivity contribution is 5.95. The highest BCUT2D eigenvalue weighted by Crippen LogP contribution is 2.21. The van der Waals surface area contributed by atoms with Crippen LogP contribution in [0.5, 0.6) is 0 Å². The number of carbonyl (C=O) groups excluding carboxylic acids is 1. The second-order valence-corrected chi connectivity index (χ2v) is 5.30. The van der Waals surface area contributed by atoms with E-state index >= 15 is 0 Å². The van der Waals surface area contributed by atoms with Crippen molar-refractivity contribution in [2.75, 3.05) is 5.43 Å². The van der Waals surface area contributed by atoms with Crippen LogP contribution in [0.1, 0.15) is 10.4 Å². The van der Waals surface area contributed by atoms with Gasteiger partial charge in [-0.3, -0.25) is 15.6 Å². The lowest BCUT2D eigenvalue weighted by molar-refractivity contribution is 0.0962. The Kier molecular flexibility index (Phi) is 3.35. The lowest BCUT2D eigenvalue weighted by Crippen LogP contribution is -2.30. The van der Waals surface area contributed by atoms with Crippen molar-refractivity contribution in [3.63, 3.8) is 0 Å². The van der Waals surface area contributed by atoms with E-state index in [1.165, 1.54) is 18.2 Å². The van der Waals surface area contributed by atoms with E-state index in [4.69, 9.17) is 0 Å². The van der Waals surface area contributed by atoms with Crippen molar-refractivity contribution in [1.82, 2.24) is 14.8 Å². The first kappa shape index (κ1) is 14.2. The van der Waals surface area contributed by atoms with Gasteiger partial charge in [-0.15, -0.1) is 0 Å². The highest BCUT2D eigenvalue weighted by Gasteiger charge is 2.10. The normalized spacial score (nSPS) is 10.9. The topological polar surface area (TPSA) is 58.4 Å². The number of hydrogen-bond donors (Lipinski definition) is 2. The van der Waals surface area contributed by atoms with Gasteiger partial charge in [0, 0.05) is 11.8 Å². The fourth-order valence-corrected chi connectivity index (χ4v) is 2.63. The molecule has 0 unspecified atom stereocenters. The van der Waals surface area contributed by atoms with Crippen LogP contribution in [0.4, 0.5) is 10.2 Å². The number of nitrogens with zero attached hydrogens (tertiary/aromatic N) is 2. The molecule has 24 heavy (non-hydrogen) atoms. The van der Waals surface area contributed by atoms with Crippen molar-refractivity contribution in [3.8, 4) is 0 Å². The first-order valence-corrected chi connectivity index (χ1v) is 7.40. The molecule has 4 aromatic rings. The standard InChI is InChI=1S/C18H13FN4O/c19-13-6-3-5-12(11-13)18(24)22-21-17-16-9-4-10-23(16)15-8-2-1-7-14(15)20-17/h1-11H,(H,20,21)(H,22,24). The van der Waals surface area contributed by atoms with Crippen molar-refractivity contribution in [2.24, 2.45) is 0 Å². The van der Waals surface area contributed by atoms with E-state index in [0.717, 1.165) is 16.6 Å². The number of anilines is 1. The van der Waals surface area contributed by atoms with Crippen LogP contribution in [0.2, 0.25) is 0 Å². The van der Waals surface area contributed by atoms with Crippen molar-refractivity contribution in [1.29, 1.82) is 0 Å². The highest BCUT2D eigenvalue weighted by atomic mass is 19.1. The average Bonchev–Trinajstić information content (AvgIpc) is 3.09. The number of fused-ring (bicyclic) bond motifs is 3. The number of hydrazine groups is 1. The van der Waals surface area contributed by atoms with Gasteiger partial charge in [-0.25, -0.2) is 9.37 Å². The van der Waals surface area contributed by atoms with Crippen LogP contribution in [-0.2, 0) is 0 Å². The van der Waals surface area contributed by atoms with Crippen molar-refractivity contribution >= 4 is 28.3 Å². The van der Waals surface area contributed by atoms with E-state index in [0.29, 0.717) is 5.82 Å². The Morgan fingerprint density at radius 2 is 1.83 bits per heavy atom. The predicted molar refractivity (Wildman–Crippen MR) is 90.2 cm³/mol. The molecular weight excluding hydrogens is 307 g/mol. The molecule has 2 aromatic carbocycles. The number of carbonyl (C=O) groups is 1. The van der Waals surface area contributed by atoms with Gasteiger partial charge in [0.2, 0.25) is 0 Å². The molecule has 5 nitrogen and oxygen atoms in total. The van der Waals surface area contributed by atoms with Crippen LogP contribution in [0.15, 0.2) is 66.9 Å². The summed E-state index contributed by atoms with van der Waals surface area (Å²) in [5.41, 5.74) is 8.21. The van der Waals surface area contributed by atoms with E-state index in [9.17, 15) is 9.18 Å². The number of para-hydroxylation sites is 2. The third kappa shape index (κ3) is 2.44. The lowest BCUT2D eigenvalue weighted by atomic mass is 10.2. The van der Waals surface area contributed by atoms with Gasteiger partial charge in [0.1, 0.15) is 5.82 Å². The molecule has 0 saturated heterocycles. The van der Waals surface area contributed by atoms with Crippen molar-refractivity contribution < 1.29 is 9.18 Å². The molecule has 0 aliphatic rings. The van der Waals surface area contributed by atoms with E-state index in [2.05, 4.69) is 15.8 Å². The summed E-state index contributed by atoms with van der Waals surface area (Å²) in [6.07, 6.45) is 1.93. The summed E-state index contributed by atoms with van der Waals surface area (Å²) >= 11 is 0. The summed E-state index contributed by atoms with van der Waals surface area (Å²) in [5.74, 6) is -0.377. The summed E-state index contributed by atoms with van der Waals surface area (Å²) in [5, 5.41) is 0. The molecule has 1 amide bonds. The molecule has 0 aliphatic carbocycles. The SMILES string of the molecule is O=C(NNc1nc2ccccc2n2cccc12)c1cccc(F)c1. The Morgan fingerprint density at radius 3 is 2.71 bits per heavy atom. The number of benzene rings is 2. The quantitative estimate of drug-likeness (QED) is 0.569. The molecule has 2 N–H and O–H groups in total. The average molecular weight is 320 g/mol. The van der Waals surface area contributed by atoms with Crippen LogP contribution in [0, 0.1) is 5.82 Å². The van der Waals surface area contributed by atoms with Crippen LogP contribution >= 0.6 is 0 Å². The molecule has 0 spiro atoms. The van der Waals surface area contributed by atoms with Gasteiger partial charge in [0.15, 0.2) is 5.82 Å². The Balaban J connectivity index is 1.66. The van der Waals surface area contributed by atoms with E-state index < -0.39 is 11.7 Å². The number of hydrogen-bond acceptors (Lipinski definition) is 3. The minimum Gasteiger partial charge on any atom is -0.312 e. The molecule has 0 bridgehead atoms. The predicted octanol–water partition coefficient (Wildman–Crippen LogP) is 3.38. The first-order valence-electron chi connectivity index (χ1n) is 7.40. The molecule has 0 saturated carbocycles. The van der Waals surface area contributed by atoms with Gasteiger partial charge in [-0.05, 0) is 42.5 Å². The van der Waals surface area contributed by atoms with Crippen LogP contribution in [0.3, 0.4) is 0 Å². The third-order valence-electron chi connectivity index (χ3n) is 3.75. The molecule has 0 atom stereocenters. The van der Waals surface area contributed by atoms with Crippen molar-refractivity contribution in [3.05, 3.63) is 78.2 Å². The van der Waals surface area contributed by atoms with Crippen LogP contribution in [-0.4, -0.2) is 15.3 Å². The maximum atomic E-state index is 13.2. The maximum Gasteiger partial charge on any atom is 0.269 e. The molecule has 2 heterocycles. The molecule has 118 valence electrons. The third-order valence-corrected chi connectivity index (χ3v) is 3.75. The summed E-state index contributed by atoms with van der Waals surface area (Å²) in [4.78, 5) is 16.7. The lowest BCUT2D eigenvalue weighted by Gasteiger charge is -2.11. The molecule has 0 radical (unpaired) electrons. The molecule has 4 rings (SSSR count). The zero-order valence-corrected chi connectivity index (χ0v) is 12.5. The Labute approximate surface area is 136 Å². The molecular formula is C18H13FN4O. The van der Waals surface area contributed by atoms with Gasteiger partial charge in [0.05, 0.1) is 16.6 Å². The molecule has 6 heteroatoms. The van der Waals surface area contributed by atoms with E-state index in [-0.39, 0.29) is 5.56 Å². The first-order chi connectivity index (χ1) is 11.7. The smallest absolute Gasteiger partial charge is 0.269 e. The molecule has 0 fully saturated rings. The largest absolute Gasteiger partial charge is 0.312 e.